The average Bonchev–Trinajstić information content (AvgIpc) is 2.67. The van der Waals surface area contributed by atoms with E-state index in [9.17, 15) is 0 Å². The lowest BCUT2D eigenvalue weighted by Crippen LogP contribution is -1.89. The number of hydrogen-bond donors (Lipinski definition) is 1. The summed E-state index contributed by atoms with van der Waals surface area (Å²) in [4.78, 5) is 1.26. The van der Waals surface area contributed by atoms with Gasteiger partial charge in [-0.05, 0) is 24.5 Å². The van der Waals surface area contributed by atoms with Crippen LogP contribution in [0.2, 0.25) is 5.02 Å². The zero-order chi connectivity index (χ0) is 11.5. The van der Waals surface area contributed by atoms with Crippen LogP contribution in [0.4, 0.5) is 0 Å². The van der Waals surface area contributed by atoms with Gasteiger partial charge in [-0.25, -0.2) is 0 Å². The second-order valence-electron chi connectivity index (χ2n) is 3.56. The molecule has 16 heavy (non-hydrogen) atoms. The van der Waals surface area contributed by atoms with E-state index in [2.05, 4.69) is 42.2 Å². The maximum Gasteiger partial charge on any atom is 0.141 e. The van der Waals surface area contributed by atoms with Gasteiger partial charge >= 0.3 is 0 Å². The molecular weight excluding hydrogens is 240 g/mol. The summed E-state index contributed by atoms with van der Waals surface area (Å²) in [7, 11) is 0. The van der Waals surface area contributed by atoms with Gasteiger partial charge < -0.3 is 0 Å². The summed E-state index contributed by atoms with van der Waals surface area (Å²) < 4.78 is 0. The van der Waals surface area contributed by atoms with E-state index in [1.807, 2.05) is 0 Å². The van der Waals surface area contributed by atoms with Crippen molar-refractivity contribution in [1.82, 2.24) is 10.2 Å². The van der Waals surface area contributed by atoms with E-state index in [1.165, 1.54) is 16.0 Å². The van der Waals surface area contributed by atoms with Gasteiger partial charge in [-0.3, -0.25) is 5.10 Å². The summed E-state index contributed by atoms with van der Waals surface area (Å²) in [5.41, 5.74) is 2.60. The predicted molar refractivity (Wildman–Crippen MR) is 68.3 cm³/mol. The molecule has 0 aliphatic carbocycles. The van der Waals surface area contributed by atoms with Gasteiger partial charge in [-0.15, -0.1) is 0 Å². The molecule has 0 bridgehead atoms. The van der Waals surface area contributed by atoms with Crippen LogP contribution in [0.5, 0.6) is 0 Å². The van der Waals surface area contributed by atoms with Crippen LogP contribution in [0.1, 0.15) is 18.1 Å². The Labute approximate surface area is 104 Å². The van der Waals surface area contributed by atoms with Crippen LogP contribution in [0.25, 0.3) is 0 Å². The van der Waals surface area contributed by atoms with Gasteiger partial charge in [-0.2, -0.15) is 5.10 Å². The highest BCUT2D eigenvalue weighted by atomic mass is 35.5. The first kappa shape index (κ1) is 11.6. The molecular formula is C12H13ClN2S. The number of H-pyrrole nitrogens is 1. The molecule has 2 nitrogen and oxygen atoms in total. The van der Waals surface area contributed by atoms with Crippen LogP contribution in [0.3, 0.4) is 0 Å². The number of benzene rings is 1. The molecule has 1 N–H and O–H groups in total. The molecule has 2 rings (SSSR count). The maximum atomic E-state index is 6.02. The summed E-state index contributed by atoms with van der Waals surface area (Å²) in [5.74, 6) is 0. The molecule has 1 aromatic heterocycles. The molecule has 1 heterocycles. The zero-order valence-electron chi connectivity index (χ0n) is 9.25. The second-order valence-corrected chi connectivity index (χ2v) is 4.96. The monoisotopic (exact) mass is 252 g/mol. The van der Waals surface area contributed by atoms with Crippen molar-refractivity contribution in [3.05, 3.63) is 40.5 Å². The van der Waals surface area contributed by atoms with E-state index in [-0.39, 0.29) is 0 Å². The smallest absolute Gasteiger partial charge is 0.141 e. The number of aromatic nitrogens is 2. The molecule has 2 aromatic rings. The average molecular weight is 253 g/mol. The van der Waals surface area contributed by atoms with Gasteiger partial charge in [0.15, 0.2) is 0 Å². The van der Waals surface area contributed by atoms with E-state index < -0.39 is 0 Å². The fourth-order valence-electron chi connectivity index (χ4n) is 1.57. The first-order valence-corrected chi connectivity index (χ1v) is 6.37. The number of aryl methyl sites for hydroxylation is 2. The van der Waals surface area contributed by atoms with E-state index in [0.717, 1.165) is 11.4 Å². The number of nitrogens with zero attached hydrogens (tertiary/aromatic N) is 1. The van der Waals surface area contributed by atoms with Crippen molar-refractivity contribution in [3.8, 4) is 0 Å². The van der Waals surface area contributed by atoms with Crippen molar-refractivity contribution in [2.75, 3.05) is 0 Å². The topological polar surface area (TPSA) is 28.7 Å². The van der Waals surface area contributed by atoms with Crippen LogP contribution in [-0.4, -0.2) is 10.2 Å². The highest BCUT2D eigenvalue weighted by molar-refractivity contribution is 7.99. The Morgan fingerprint density at radius 2 is 2.25 bits per heavy atom. The number of rotatable bonds is 3. The van der Waals surface area contributed by atoms with Gasteiger partial charge in [0.05, 0.1) is 5.02 Å². The number of aromatic amines is 1. The molecule has 0 aliphatic heterocycles. The fraction of sp³-hybridized carbons (Fsp3) is 0.250. The maximum absolute atomic E-state index is 6.02. The molecule has 0 aliphatic rings. The van der Waals surface area contributed by atoms with Crippen molar-refractivity contribution in [2.45, 2.75) is 30.2 Å². The second kappa shape index (κ2) is 4.93. The molecule has 0 radical (unpaired) electrons. The minimum absolute atomic E-state index is 0.676. The van der Waals surface area contributed by atoms with Crippen LogP contribution in [0, 0.1) is 6.92 Å². The molecule has 0 saturated carbocycles. The number of hydrogen-bond acceptors (Lipinski definition) is 2. The summed E-state index contributed by atoms with van der Waals surface area (Å²) >= 11 is 7.65. The molecule has 0 unspecified atom stereocenters. The normalized spacial score (nSPS) is 10.7. The fourth-order valence-corrected chi connectivity index (χ4v) is 2.80. The Bertz CT molecular complexity index is 494. The van der Waals surface area contributed by atoms with E-state index >= 15 is 0 Å². The molecule has 0 fully saturated rings. The van der Waals surface area contributed by atoms with Gasteiger partial charge in [0, 0.05) is 11.1 Å². The lowest BCUT2D eigenvalue weighted by atomic mass is 10.1. The summed E-state index contributed by atoms with van der Waals surface area (Å²) in [6, 6.07) is 6.35. The summed E-state index contributed by atoms with van der Waals surface area (Å²) in [6.07, 6.45) is 2.72. The van der Waals surface area contributed by atoms with Crippen LogP contribution in [-0.2, 0) is 6.42 Å². The molecule has 84 valence electrons. The third-order valence-electron chi connectivity index (χ3n) is 2.43. The Balaban J connectivity index is 2.37. The van der Waals surface area contributed by atoms with Crippen molar-refractivity contribution < 1.29 is 0 Å². The third-order valence-corrected chi connectivity index (χ3v) is 4.13. The Morgan fingerprint density at radius 1 is 1.44 bits per heavy atom. The lowest BCUT2D eigenvalue weighted by molar-refractivity contribution is 0.997. The van der Waals surface area contributed by atoms with E-state index in [0.29, 0.717) is 5.02 Å². The van der Waals surface area contributed by atoms with Crippen molar-refractivity contribution in [2.24, 2.45) is 0 Å². The van der Waals surface area contributed by atoms with Crippen molar-refractivity contribution in [3.63, 3.8) is 0 Å². The van der Waals surface area contributed by atoms with Crippen LogP contribution < -0.4 is 0 Å². The number of halogens is 1. The van der Waals surface area contributed by atoms with E-state index in [1.54, 1.807) is 18.0 Å². The summed E-state index contributed by atoms with van der Waals surface area (Å²) in [6.45, 7) is 4.27. The predicted octanol–water partition coefficient (Wildman–Crippen LogP) is 4.09. The van der Waals surface area contributed by atoms with E-state index in [4.69, 9.17) is 11.6 Å². The minimum atomic E-state index is 0.676. The highest BCUT2D eigenvalue weighted by Crippen LogP contribution is 2.35. The van der Waals surface area contributed by atoms with Crippen LogP contribution in [0.15, 0.2) is 34.3 Å². The Kier molecular flexibility index (Phi) is 3.56. The SMILES string of the molecule is CCc1cccc(C)c1Sc1n[nH]cc1Cl. The van der Waals surface area contributed by atoms with Gasteiger partial charge in [0.1, 0.15) is 5.03 Å². The van der Waals surface area contributed by atoms with Gasteiger partial charge in [0.25, 0.3) is 0 Å². The van der Waals surface area contributed by atoms with Gasteiger partial charge in [-0.1, -0.05) is 48.5 Å². The largest absolute Gasteiger partial charge is 0.283 e. The lowest BCUT2D eigenvalue weighted by Gasteiger charge is -2.09. The van der Waals surface area contributed by atoms with Crippen LogP contribution >= 0.6 is 23.4 Å². The Hall–Kier alpha value is -0.930. The molecule has 1 aromatic carbocycles. The molecule has 4 heteroatoms. The zero-order valence-corrected chi connectivity index (χ0v) is 10.8. The third kappa shape index (κ3) is 2.25. The standard InChI is InChI=1S/C12H13ClN2S/c1-3-9-6-4-5-8(2)11(9)16-12-10(13)7-14-15-12/h4-7H,3H2,1-2H3,(H,14,15). The quantitative estimate of drug-likeness (QED) is 0.892. The Morgan fingerprint density at radius 3 is 2.88 bits per heavy atom. The van der Waals surface area contributed by atoms with Crippen molar-refractivity contribution in [1.29, 1.82) is 0 Å². The molecule has 0 amide bonds. The highest BCUT2D eigenvalue weighted by Gasteiger charge is 2.10. The minimum Gasteiger partial charge on any atom is -0.283 e. The first-order chi connectivity index (χ1) is 7.72. The van der Waals surface area contributed by atoms with Crippen molar-refractivity contribution >= 4 is 23.4 Å². The molecule has 0 saturated heterocycles. The number of nitrogens with one attached hydrogen (secondary N) is 1. The molecule has 0 atom stereocenters. The van der Waals surface area contributed by atoms with Gasteiger partial charge in [0.2, 0.25) is 0 Å². The summed E-state index contributed by atoms with van der Waals surface area (Å²) in [5, 5.41) is 8.42. The molecule has 0 spiro atoms. The first-order valence-electron chi connectivity index (χ1n) is 5.18.